The van der Waals surface area contributed by atoms with Gasteiger partial charge in [-0.1, -0.05) is 20.8 Å². The SMILES string of the molecule is CCNc1cc(NCC(O)COC)nc(C(C)(C)C)n1. The summed E-state index contributed by atoms with van der Waals surface area (Å²) in [5.41, 5.74) is -0.132. The molecule has 1 atom stereocenters. The van der Waals surface area contributed by atoms with E-state index in [0.29, 0.717) is 19.0 Å². The third-order valence-electron chi connectivity index (χ3n) is 2.63. The highest BCUT2D eigenvalue weighted by molar-refractivity contribution is 5.48. The molecule has 6 nitrogen and oxygen atoms in total. The number of methoxy groups -OCH3 is 1. The first kappa shape index (κ1) is 16.7. The molecule has 0 radical (unpaired) electrons. The summed E-state index contributed by atoms with van der Waals surface area (Å²) in [5.74, 6) is 2.26. The van der Waals surface area contributed by atoms with Crippen LogP contribution in [0, 0.1) is 0 Å². The molecular formula is C14H26N4O2. The summed E-state index contributed by atoms with van der Waals surface area (Å²) in [6.45, 7) is 9.72. The standard InChI is InChI=1S/C14H26N4O2/c1-6-15-11-7-12(16-8-10(19)9-20-5)18-13(17-11)14(2,3)4/h7,10,19H,6,8-9H2,1-5H3,(H2,15,16,17,18). The van der Waals surface area contributed by atoms with Gasteiger partial charge in [-0.2, -0.15) is 0 Å². The highest BCUT2D eigenvalue weighted by Gasteiger charge is 2.19. The minimum Gasteiger partial charge on any atom is -0.389 e. The third-order valence-corrected chi connectivity index (χ3v) is 2.63. The van der Waals surface area contributed by atoms with Crippen LogP contribution in [0.4, 0.5) is 11.6 Å². The van der Waals surface area contributed by atoms with Crippen LogP contribution in [-0.4, -0.2) is 48.0 Å². The Labute approximate surface area is 121 Å². The van der Waals surface area contributed by atoms with Crippen LogP contribution in [0.25, 0.3) is 0 Å². The molecular weight excluding hydrogens is 256 g/mol. The summed E-state index contributed by atoms with van der Waals surface area (Å²) in [6, 6.07) is 1.85. The molecule has 20 heavy (non-hydrogen) atoms. The molecule has 0 saturated heterocycles. The van der Waals surface area contributed by atoms with Gasteiger partial charge in [-0.3, -0.25) is 0 Å². The number of hydrogen-bond donors (Lipinski definition) is 3. The average Bonchev–Trinajstić information content (AvgIpc) is 2.36. The first-order valence-electron chi connectivity index (χ1n) is 6.91. The summed E-state index contributed by atoms with van der Waals surface area (Å²) in [5, 5.41) is 16.0. The fraction of sp³-hybridized carbons (Fsp3) is 0.714. The first-order chi connectivity index (χ1) is 9.36. The quantitative estimate of drug-likeness (QED) is 0.705. The molecule has 0 saturated carbocycles. The van der Waals surface area contributed by atoms with Crippen molar-refractivity contribution < 1.29 is 9.84 Å². The van der Waals surface area contributed by atoms with Crippen LogP contribution in [0.15, 0.2) is 6.07 Å². The lowest BCUT2D eigenvalue weighted by Crippen LogP contribution is -2.25. The molecule has 0 spiro atoms. The van der Waals surface area contributed by atoms with Crippen LogP contribution in [0.2, 0.25) is 0 Å². The smallest absolute Gasteiger partial charge is 0.138 e. The minimum atomic E-state index is -0.560. The van der Waals surface area contributed by atoms with Crippen LogP contribution >= 0.6 is 0 Å². The normalized spacial score (nSPS) is 13.1. The Hall–Kier alpha value is -1.40. The van der Waals surface area contributed by atoms with Crippen LogP contribution < -0.4 is 10.6 Å². The van der Waals surface area contributed by atoms with Crippen LogP contribution in [0.5, 0.6) is 0 Å². The lowest BCUT2D eigenvalue weighted by atomic mass is 9.96. The van der Waals surface area contributed by atoms with Crippen molar-refractivity contribution in [3.63, 3.8) is 0 Å². The van der Waals surface area contributed by atoms with Crippen LogP contribution in [-0.2, 0) is 10.2 Å². The third kappa shape index (κ3) is 5.30. The summed E-state index contributed by atoms with van der Waals surface area (Å²) in [6.07, 6.45) is -0.560. The molecule has 1 aromatic rings. The lowest BCUT2D eigenvalue weighted by molar-refractivity contribution is 0.0727. The molecule has 1 heterocycles. The Kier molecular flexibility index (Phi) is 6.16. The Morgan fingerprint density at radius 3 is 2.35 bits per heavy atom. The molecule has 0 bridgehead atoms. The van der Waals surface area contributed by atoms with Crippen molar-refractivity contribution >= 4 is 11.6 Å². The van der Waals surface area contributed by atoms with Crippen LogP contribution in [0.3, 0.4) is 0 Å². The van der Waals surface area contributed by atoms with Crippen molar-refractivity contribution in [1.82, 2.24) is 9.97 Å². The highest BCUT2D eigenvalue weighted by Crippen LogP contribution is 2.22. The van der Waals surface area contributed by atoms with E-state index >= 15 is 0 Å². The average molecular weight is 282 g/mol. The molecule has 0 aromatic carbocycles. The Balaban J connectivity index is 2.86. The van der Waals surface area contributed by atoms with Gasteiger partial charge in [0, 0.05) is 31.7 Å². The van der Waals surface area contributed by atoms with Crippen LogP contribution in [0.1, 0.15) is 33.5 Å². The summed E-state index contributed by atoms with van der Waals surface area (Å²) >= 11 is 0. The van der Waals surface area contributed by atoms with Gasteiger partial charge in [0.05, 0.1) is 12.7 Å². The number of nitrogens with zero attached hydrogens (tertiary/aromatic N) is 2. The lowest BCUT2D eigenvalue weighted by Gasteiger charge is -2.19. The predicted molar refractivity (Wildman–Crippen MR) is 81.3 cm³/mol. The summed E-state index contributed by atoms with van der Waals surface area (Å²) < 4.78 is 4.90. The van der Waals surface area contributed by atoms with Gasteiger partial charge in [0.15, 0.2) is 0 Å². The molecule has 0 aliphatic carbocycles. The number of rotatable bonds is 7. The topological polar surface area (TPSA) is 79.3 Å². The number of aliphatic hydroxyl groups excluding tert-OH is 1. The molecule has 1 aromatic heterocycles. The maximum absolute atomic E-state index is 9.67. The molecule has 0 fully saturated rings. The molecule has 0 aliphatic heterocycles. The fourth-order valence-electron chi connectivity index (χ4n) is 1.62. The molecule has 0 aliphatic rings. The number of ether oxygens (including phenoxy) is 1. The maximum atomic E-state index is 9.67. The number of aromatic nitrogens is 2. The van der Waals surface area contributed by atoms with Gasteiger partial charge in [0.25, 0.3) is 0 Å². The van der Waals surface area contributed by atoms with Crippen molar-refractivity contribution in [2.24, 2.45) is 0 Å². The monoisotopic (exact) mass is 282 g/mol. The largest absolute Gasteiger partial charge is 0.389 e. The van der Waals surface area contributed by atoms with E-state index in [1.807, 2.05) is 13.0 Å². The van der Waals surface area contributed by atoms with Gasteiger partial charge in [0.2, 0.25) is 0 Å². The van der Waals surface area contributed by atoms with E-state index in [9.17, 15) is 5.11 Å². The van der Waals surface area contributed by atoms with Gasteiger partial charge in [-0.15, -0.1) is 0 Å². The molecule has 1 rings (SSSR count). The van der Waals surface area contributed by atoms with Gasteiger partial charge < -0.3 is 20.5 Å². The van der Waals surface area contributed by atoms with E-state index in [2.05, 4.69) is 41.4 Å². The first-order valence-corrected chi connectivity index (χ1v) is 6.91. The zero-order valence-corrected chi connectivity index (χ0v) is 13.0. The number of hydrogen-bond acceptors (Lipinski definition) is 6. The van der Waals surface area contributed by atoms with E-state index in [1.54, 1.807) is 7.11 Å². The van der Waals surface area contributed by atoms with Crippen molar-refractivity contribution in [3.8, 4) is 0 Å². The predicted octanol–water partition coefficient (Wildman–Crippen LogP) is 1.63. The van der Waals surface area contributed by atoms with Crippen molar-refractivity contribution in [2.75, 3.05) is 37.4 Å². The number of anilines is 2. The van der Waals surface area contributed by atoms with E-state index in [1.165, 1.54) is 0 Å². The second-order valence-electron chi connectivity index (χ2n) is 5.73. The van der Waals surface area contributed by atoms with Gasteiger partial charge >= 0.3 is 0 Å². The van der Waals surface area contributed by atoms with E-state index in [-0.39, 0.29) is 5.41 Å². The second-order valence-corrected chi connectivity index (χ2v) is 5.73. The Morgan fingerprint density at radius 2 is 1.85 bits per heavy atom. The van der Waals surface area contributed by atoms with Crippen molar-refractivity contribution in [3.05, 3.63) is 11.9 Å². The van der Waals surface area contributed by atoms with E-state index in [4.69, 9.17) is 4.74 Å². The highest BCUT2D eigenvalue weighted by atomic mass is 16.5. The molecule has 114 valence electrons. The van der Waals surface area contributed by atoms with Gasteiger partial charge in [-0.25, -0.2) is 9.97 Å². The Bertz CT molecular complexity index is 418. The summed E-state index contributed by atoms with van der Waals surface area (Å²) in [4.78, 5) is 9.01. The maximum Gasteiger partial charge on any atom is 0.138 e. The second kappa shape index (κ2) is 7.40. The fourth-order valence-corrected chi connectivity index (χ4v) is 1.62. The summed E-state index contributed by atoms with van der Waals surface area (Å²) in [7, 11) is 1.56. The van der Waals surface area contributed by atoms with Gasteiger partial charge in [0.1, 0.15) is 17.5 Å². The van der Waals surface area contributed by atoms with Crippen molar-refractivity contribution in [1.29, 1.82) is 0 Å². The molecule has 3 N–H and O–H groups in total. The zero-order chi connectivity index (χ0) is 15.2. The number of aliphatic hydroxyl groups is 1. The number of nitrogens with one attached hydrogen (secondary N) is 2. The molecule has 0 amide bonds. The zero-order valence-electron chi connectivity index (χ0n) is 13.0. The van der Waals surface area contributed by atoms with Gasteiger partial charge in [-0.05, 0) is 6.92 Å². The molecule has 6 heteroatoms. The van der Waals surface area contributed by atoms with E-state index in [0.717, 1.165) is 18.2 Å². The van der Waals surface area contributed by atoms with E-state index < -0.39 is 6.10 Å². The Morgan fingerprint density at radius 1 is 1.25 bits per heavy atom. The molecule has 1 unspecified atom stereocenters. The van der Waals surface area contributed by atoms with Crippen molar-refractivity contribution in [2.45, 2.75) is 39.2 Å². The minimum absolute atomic E-state index is 0.132.